The largest absolute Gasteiger partial charge is 0.491 e. The first kappa shape index (κ1) is 19.1. The molecule has 2 aromatic rings. The normalized spacial score (nSPS) is 17.6. The number of hydrogen-bond donors (Lipinski definition) is 0. The maximum absolute atomic E-state index is 12.8. The van der Waals surface area contributed by atoms with E-state index in [-0.39, 0.29) is 30.5 Å². The van der Waals surface area contributed by atoms with Crippen LogP contribution in [0, 0.1) is 6.92 Å². The highest BCUT2D eigenvalue weighted by Crippen LogP contribution is 2.31. The van der Waals surface area contributed by atoms with Gasteiger partial charge in [-0.25, -0.2) is 4.98 Å². The Balaban J connectivity index is 1.59. The molecule has 1 atom stereocenters. The molecule has 27 heavy (non-hydrogen) atoms. The highest BCUT2D eigenvalue weighted by atomic mass is 19.4. The van der Waals surface area contributed by atoms with Gasteiger partial charge in [-0.3, -0.25) is 9.78 Å². The van der Waals surface area contributed by atoms with E-state index in [2.05, 4.69) is 9.97 Å². The number of aromatic nitrogens is 2. The smallest absolute Gasteiger partial charge is 0.416 e. The summed E-state index contributed by atoms with van der Waals surface area (Å²) < 4.78 is 49.3. The molecule has 0 aliphatic carbocycles. The van der Waals surface area contributed by atoms with Crippen LogP contribution in [-0.4, -0.2) is 53.2 Å². The van der Waals surface area contributed by atoms with Crippen molar-refractivity contribution in [3.63, 3.8) is 0 Å². The van der Waals surface area contributed by atoms with Gasteiger partial charge < -0.3 is 14.4 Å². The van der Waals surface area contributed by atoms with Crippen LogP contribution in [0.15, 0.2) is 36.7 Å². The minimum Gasteiger partial charge on any atom is -0.491 e. The van der Waals surface area contributed by atoms with E-state index in [9.17, 15) is 18.0 Å². The van der Waals surface area contributed by atoms with E-state index >= 15 is 0 Å². The number of nitrogens with zero attached hydrogens (tertiary/aromatic N) is 3. The zero-order valence-corrected chi connectivity index (χ0v) is 14.6. The third-order valence-corrected chi connectivity index (χ3v) is 4.02. The van der Waals surface area contributed by atoms with Crippen LogP contribution in [0.2, 0.25) is 0 Å². The first-order chi connectivity index (χ1) is 12.8. The molecule has 1 amide bonds. The van der Waals surface area contributed by atoms with Gasteiger partial charge in [-0.15, -0.1) is 0 Å². The van der Waals surface area contributed by atoms with Gasteiger partial charge in [0.1, 0.15) is 24.2 Å². The second-order valence-electron chi connectivity index (χ2n) is 6.12. The lowest BCUT2D eigenvalue weighted by Gasteiger charge is -2.32. The van der Waals surface area contributed by atoms with Crippen molar-refractivity contribution >= 4 is 5.91 Å². The van der Waals surface area contributed by atoms with Gasteiger partial charge in [0.25, 0.3) is 5.91 Å². The van der Waals surface area contributed by atoms with Crippen LogP contribution in [-0.2, 0) is 10.9 Å². The van der Waals surface area contributed by atoms with Crippen LogP contribution in [0.25, 0.3) is 0 Å². The highest BCUT2D eigenvalue weighted by molar-refractivity contribution is 5.92. The molecule has 0 N–H and O–H groups in total. The van der Waals surface area contributed by atoms with Crippen molar-refractivity contribution < 1.29 is 27.4 Å². The van der Waals surface area contributed by atoms with Crippen LogP contribution in [0.4, 0.5) is 13.2 Å². The Hall–Kier alpha value is -2.68. The summed E-state index contributed by atoms with van der Waals surface area (Å²) >= 11 is 0. The summed E-state index contributed by atoms with van der Waals surface area (Å²) in [6.45, 7) is 2.77. The molecule has 0 bridgehead atoms. The van der Waals surface area contributed by atoms with Crippen LogP contribution >= 0.6 is 0 Å². The molecule has 1 saturated heterocycles. The lowest BCUT2D eigenvalue weighted by molar-refractivity contribution is -0.137. The average molecular weight is 381 g/mol. The van der Waals surface area contributed by atoms with Crippen molar-refractivity contribution in [3.05, 3.63) is 53.6 Å². The molecule has 1 aliphatic heterocycles. The predicted molar refractivity (Wildman–Crippen MR) is 89.4 cm³/mol. The number of alkyl halides is 3. The second kappa shape index (κ2) is 7.91. The number of carbonyl (C=O) groups is 1. The first-order valence-corrected chi connectivity index (χ1v) is 8.32. The van der Waals surface area contributed by atoms with E-state index < -0.39 is 17.8 Å². The van der Waals surface area contributed by atoms with Crippen molar-refractivity contribution in [2.45, 2.75) is 19.2 Å². The standard InChI is InChI=1S/C18H18F3N3O3/c1-12-8-23-16(9-22-12)17(25)24-5-6-26-15(10-24)11-27-14-4-2-3-13(7-14)18(19,20)21/h2-4,7-9,15H,5-6,10-11H2,1H3. The van der Waals surface area contributed by atoms with E-state index in [0.29, 0.717) is 18.8 Å². The summed E-state index contributed by atoms with van der Waals surface area (Å²) in [5.74, 6) is -0.170. The van der Waals surface area contributed by atoms with Crippen molar-refractivity contribution in [3.8, 4) is 5.75 Å². The summed E-state index contributed by atoms with van der Waals surface area (Å²) in [5.41, 5.74) is 0.167. The van der Waals surface area contributed by atoms with Crippen LogP contribution in [0.1, 0.15) is 21.7 Å². The van der Waals surface area contributed by atoms with E-state index in [1.54, 1.807) is 11.8 Å². The van der Waals surface area contributed by atoms with E-state index in [0.717, 1.165) is 12.1 Å². The molecule has 0 radical (unpaired) electrons. The number of carbonyl (C=O) groups excluding carboxylic acids is 1. The molecule has 144 valence electrons. The molecule has 1 aliphatic rings. The van der Waals surface area contributed by atoms with Crippen molar-refractivity contribution in [1.82, 2.24) is 14.9 Å². The summed E-state index contributed by atoms with van der Waals surface area (Å²) in [6, 6.07) is 4.65. The van der Waals surface area contributed by atoms with Gasteiger partial charge >= 0.3 is 6.18 Å². The Morgan fingerprint density at radius 1 is 1.33 bits per heavy atom. The number of hydrogen-bond acceptors (Lipinski definition) is 5. The van der Waals surface area contributed by atoms with E-state index in [1.165, 1.54) is 24.5 Å². The first-order valence-electron chi connectivity index (χ1n) is 8.32. The van der Waals surface area contributed by atoms with Gasteiger partial charge in [-0.1, -0.05) is 6.07 Å². The Morgan fingerprint density at radius 2 is 2.15 bits per heavy atom. The fourth-order valence-electron chi connectivity index (χ4n) is 2.62. The number of aryl methyl sites for hydroxylation is 1. The van der Waals surface area contributed by atoms with Crippen molar-refractivity contribution in [2.24, 2.45) is 0 Å². The summed E-state index contributed by atoms with van der Waals surface area (Å²) in [6.07, 6.45) is -1.95. The highest BCUT2D eigenvalue weighted by Gasteiger charge is 2.31. The molecule has 1 aromatic carbocycles. The quantitative estimate of drug-likeness (QED) is 0.815. The van der Waals surface area contributed by atoms with Gasteiger partial charge in [0.15, 0.2) is 0 Å². The molecule has 3 rings (SSSR count). The predicted octanol–water partition coefficient (Wildman–Crippen LogP) is 2.72. The lowest BCUT2D eigenvalue weighted by atomic mass is 10.2. The van der Waals surface area contributed by atoms with Crippen LogP contribution in [0.5, 0.6) is 5.75 Å². The molecule has 0 saturated carbocycles. The topological polar surface area (TPSA) is 64.6 Å². The number of benzene rings is 1. The third-order valence-electron chi connectivity index (χ3n) is 4.02. The zero-order valence-electron chi connectivity index (χ0n) is 14.6. The molecule has 1 fully saturated rings. The van der Waals surface area contributed by atoms with E-state index in [1.807, 2.05) is 0 Å². The molecule has 1 unspecified atom stereocenters. The Labute approximate surface area is 153 Å². The summed E-state index contributed by atoms with van der Waals surface area (Å²) in [4.78, 5) is 22.2. The summed E-state index contributed by atoms with van der Waals surface area (Å²) in [7, 11) is 0. The molecule has 6 nitrogen and oxygen atoms in total. The molecule has 1 aromatic heterocycles. The maximum atomic E-state index is 12.8. The SMILES string of the molecule is Cc1cnc(C(=O)N2CCOC(COc3cccc(C(F)(F)F)c3)C2)cn1. The Kier molecular flexibility index (Phi) is 5.59. The Morgan fingerprint density at radius 3 is 2.85 bits per heavy atom. The Bertz CT molecular complexity index is 796. The number of halogens is 3. The number of morpholine rings is 1. The molecular formula is C18H18F3N3O3. The van der Waals surface area contributed by atoms with Crippen LogP contribution in [0.3, 0.4) is 0 Å². The molecule has 9 heteroatoms. The number of ether oxygens (including phenoxy) is 2. The van der Waals surface area contributed by atoms with Gasteiger partial charge in [0, 0.05) is 12.7 Å². The third kappa shape index (κ3) is 4.94. The average Bonchev–Trinajstić information content (AvgIpc) is 2.66. The van der Waals surface area contributed by atoms with Crippen LogP contribution < -0.4 is 4.74 Å². The number of rotatable bonds is 4. The van der Waals surface area contributed by atoms with E-state index in [4.69, 9.17) is 9.47 Å². The lowest BCUT2D eigenvalue weighted by Crippen LogP contribution is -2.47. The van der Waals surface area contributed by atoms with Crippen molar-refractivity contribution in [1.29, 1.82) is 0 Å². The minimum absolute atomic E-state index is 0.0324. The van der Waals surface area contributed by atoms with Gasteiger partial charge in [0.2, 0.25) is 0 Å². The fraction of sp³-hybridized carbons (Fsp3) is 0.389. The molecule has 2 heterocycles. The van der Waals surface area contributed by atoms with Gasteiger partial charge in [0.05, 0.1) is 30.6 Å². The minimum atomic E-state index is -4.43. The monoisotopic (exact) mass is 381 g/mol. The maximum Gasteiger partial charge on any atom is 0.416 e. The zero-order chi connectivity index (χ0) is 19.4. The van der Waals surface area contributed by atoms with Gasteiger partial charge in [-0.2, -0.15) is 13.2 Å². The van der Waals surface area contributed by atoms with Gasteiger partial charge in [-0.05, 0) is 25.1 Å². The molecular weight excluding hydrogens is 363 g/mol. The molecule has 0 spiro atoms. The number of amides is 1. The summed E-state index contributed by atoms with van der Waals surface area (Å²) in [5, 5.41) is 0. The fourth-order valence-corrected chi connectivity index (χ4v) is 2.62. The second-order valence-corrected chi connectivity index (χ2v) is 6.12. The van der Waals surface area contributed by atoms with Crippen molar-refractivity contribution in [2.75, 3.05) is 26.3 Å².